The Morgan fingerprint density at radius 2 is 1.85 bits per heavy atom. The maximum Gasteiger partial charge on any atom is 0.269 e. The summed E-state index contributed by atoms with van der Waals surface area (Å²) < 4.78 is 13.6. The highest BCUT2D eigenvalue weighted by Gasteiger charge is 2.04. The smallest absolute Gasteiger partial charge is 0.269 e. The van der Waals surface area contributed by atoms with Crippen LogP contribution in [0.25, 0.3) is 0 Å². The van der Waals surface area contributed by atoms with Crippen LogP contribution in [0.4, 0.5) is 10.1 Å². The molecule has 2 aromatic carbocycles. The minimum atomic E-state index is -0.429. The number of hydrogen-bond acceptors (Lipinski definition) is 3. The lowest BCUT2D eigenvalue weighted by Gasteiger charge is -2.11. The summed E-state index contributed by atoms with van der Waals surface area (Å²) in [6, 6.07) is 13.0. The van der Waals surface area contributed by atoms with E-state index in [4.69, 9.17) is 0 Å². The van der Waals surface area contributed by atoms with Gasteiger partial charge in [-0.05, 0) is 30.5 Å². The average Bonchev–Trinajstić information content (AvgIpc) is 2.61. The number of non-ortho nitro benzene ring substituents is 1. The fraction of sp³-hybridized carbons (Fsp3) is 0.278. The molecule has 0 radical (unpaired) electrons. The number of aliphatic imine (C=N–C) groups is 1. The van der Waals surface area contributed by atoms with Gasteiger partial charge in [0.25, 0.3) is 5.69 Å². The third kappa shape index (κ3) is 6.95. The summed E-state index contributed by atoms with van der Waals surface area (Å²) in [6.45, 7) is 3.60. The number of hydrogen-bond donors (Lipinski definition) is 2. The molecule has 0 spiro atoms. The van der Waals surface area contributed by atoms with Crippen molar-refractivity contribution >= 4 is 35.6 Å². The van der Waals surface area contributed by atoms with E-state index in [1.54, 1.807) is 24.3 Å². The zero-order valence-electron chi connectivity index (χ0n) is 14.4. The van der Waals surface area contributed by atoms with Crippen LogP contribution in [0.1, 0.15) is 18.1 Å². The van der Waals surface area contributed by atoms with Gasteiger partial charge in [-0.15, -0.1) is 24.0 Å². The van der Waals surface area contributed by atoms with Crippen molar-refractivity contribution in [3.8, 4) is 0 Å². The maximum absolute atomic E-state index is 13.6. The van der Waals surface area contributed by atoms with E-state index in [-0.39, 0.29) is 35.5 Å². The summed E-state index contributed by atoms with van der Waals surface area (Å²) in [4.78, 5) is 14.7. The Labute approximate surface area is 169 Å². The monoisotopic (exact) mass is 472 g/mol. The van der Waals surface area contributed by atoms with Gasteiger partial charge in [-0.2, -0.15) is 0 Å². The molecular weight excluding hydrogens is 450 g/mol. The van der Waals surface area contributed by atoms with Crippen LogP contribution in [-0.4, -0.2) is 24.0 Å². The topological polar surface area (TPSA) is 79.6 Å². The standard InChI is InChI=1S/C18H21FN4O2.HI/c1-2-20-18(21-12-11-15-5-3-4-6-17(15)19)22-13-14-7-9-16(10-8-14)23(24)25;/h3-10H,2,11-13H2,1H3,(H2,20,21,22);1H. The SMILES string of the molecule is CCNC(=NCc1ccc([N+](=O)[O-])cc1)NCCc1ccccc1F.I. The molecule has 0 unspecified atom stereocenters. The van der Waals surface area contributed by atoms with E-state index in [0.717, 1.165) is 5.56 Å². The molecule has 140 valence electrons. The van der Waals surface area contributed by atoms with Crippen molar-refractivity contribution in [2.75, 3.05) is 13.1 Å². The quantitative estimate of drug-likeness (QED) is 0.212. The molecule has 6 nitrogen and oxygen atoms in total. The normalized spacial score (nSPS) is 10.8. The molecule has 2 rings (SSSR count). The van der Waals surface area contributed by atoms with Crippen LogP contribution in [0.3, 0.4) is 0 Å². The van der Waals surface area contributed by atoms with Crippen molar-refractivity contribution in [1.29, 1.82) is 0 Å². The summed E-state index contributed by atoms with van der Waals surface area (Å²) in [6.07, 6.45) is 0.550. The summed E-state index contributed by atoms with van der Waals surface area (Å²) >= 11 is 0. The molecule has 0 aromatic heterocycles. The van der Waals surface area contributed by atoms with Gasteiger partial charge in [0, 0.05) is 25.2 Å². The van der Waals surface area contributed by atoms with Crippen molar-refractivity contribution < 1.29 is 9.31 Å². The van der Waals surface area contributed by atoms with Gasteiger partial charge in [-0.1, -0.05) is 30.3 Å². The molecule has 0 amide bonds. The van der Waals surface area contributed by atoms with E-state index >= 15 is 0 Å². The van der Waals surface area contributed by atoms with Crippen molar-refractivity contribution in [2.45, 2.75) is 19.9 Å². The van der Waals surface area contributed by atoms with Crippen molar-refractivity contribution in [3.05, 3.63) is 75.6 Å². The van der Waals surface area contributed by atoms with Crippen LogP contribution in [0.2, 0.25) is 0 Å². The van der Waals surface area contributed by atoms with Gasteiger partial charge in [0.2, 0.25) is 0 Å². The molecule has 8 heteroatoms. The van der Waals surface area contributed by atoms with E-state index < -0.39 is 4.92 Å². The average molecular weight is 472 g/mol. The molecule has 26 heavy (non-hydrogen) atoms. The number of rotatable bonds is 7. The summed E-state index contributed by atoms with van der Waals surface area (Å²) in [5.74, 6) is 0.411. The molecule has 0 atom stereocenters. The fourth-order valence-electron chi connectivity index (χ4n) is 2.25. The largest absolute Gasteiger partial charge is 0.357 e. The predicted molar refractivity (Wildman–Crippen MR) is 111 cm³/mol. The molecule has 2 aromatic rings. The highest BCUT2D eigenvalue weighted by atomic mass is 127. The first-order valence-corrected chi connectivity index (χ1v) is 8.09. The Bertz CT molecular complexity index is 738. The van der Waals surface area contributed by atoms with Gasteiger partial charge >= 0.3 is 0 Å². The van der Waals surface area contributed by atoms with Crippen LogP contribution in [0.5, 0.6) is 0 Å². The second-order valence-electron chi connectivity index (χ2n) is 5.39. The van der Waals surface area contributed by atoms with E-state index in [2.05, 4.69) is 15.6 Å². The second kappa shape index (κ2) is 11.4. The van der Waals surface area contributed by atoms with Crippen LogP contribution >= 0.6 is 24.0 Å². The lowest BCUT2D eigenvalue weighted by Crippen LogP contribution is -2.38. The molecule has 2 N–H and O–H groups in total. The zero-order valence-corrected chi connectivity index (χ0v) is 16.8. The van der Waals surface area contributed by atoms with Crippen LogP contribution < -0.4 is 10.6 Å². The molecule has 0 aliphatic rings. The summed E-state index contributed by atoms with van der Waals surface area (Å²) in [5, 5.41) is 16.9. The van der Waals surface area contributed by atoms with Crippen molar-refractivity contribution in [3.63, 3.8) is 0 Å². The maximum atomic E-state index is 13.6. The zero-order chi connectivity index (χ0) is 18.1. The molecule has 0 saturated carbocycles. The molecule has 0 heterocycles. The van der Waals surface area contributed by atoms with E-state index in [0.29, 0.717) is 37.6 Å². The number of benzene rings is 2. The van der Waals surface area contributed by atoms with Crippen molar-refractivity contribution in [2.24, 2.45) is 4.99 Å². The van der Waals surface area contributed by atoms with Gasteiger partial charge < -0.3 is 10.6 Å². The summed E-state index contributed by atoms with van der Waals surface area (Å²) in [5.41, 5.74) is 1.58. The van der Waals surface area contributed by atoms with E-state index in [1.807, 2.05) is 13.0 Å². The Kier molecular flexibility index (Phi) is 9.56. The van der Waals surface area contributed by atoms with Gasteiger partial charge in [-0.3, -0.25) is 10.1 Å². The third-order valence-electron chi connectivity index (χ3n) is 3.56. The molecular formula is C18H22FIN4O2. The van der Waals surface area contributed by atoms with Crippen molar-refractivity contribution in [1.82, 2.24) is 10.6 Å². The minimum Gasteiger partial charge on any atom is -0.357 e. The molecule has 0 fully saturated rings. The highest BCUT2D eigenvalue weighted by Crippen LogP contribution is 2.12. The lowest BCUT2D eigenvalue weighted by molar-refractivity contribution is -0.384. The highest BCUT2D eigenvalue weighted by molar-refractivity contribution is 14.0. The van der Waals surface area contributed by atoms with Gasteiger partial charge in [0.1, 0.15) is 5.82 Å². The van der Waals surface area contributed by atoms with Crippen LogP contribution in [0.15, 0.2) is 53.5 Å². The second-order valence-corrected chi connectivity index (χ2v) is 5.39. The third-order valence-corrected chi connectivity index (χ3v) is 3.56. The molecule has 0 aliphatic carbocycles. The van der Waals surface area contributed by atoms with Gasteiger partial charge in [0.05, 0.1) is 11.5 Å². The number of guanidine groups is 1. The first-order valence-electron chi connectivity index (χ1n) is 8.09. The van der Waals surface area contributed by atoms with Crippen LogP contribution in [-0.2, 0) is 13.0 Å². The minimum absolute atomic E-state index is 0. The Morgan fingerprint density at radius 3 is 2.46 bits per heavy atom. The first kappa shape index (κ1) is 21.8. The first-order chi connectivity index (χ1) is 12.1. The summed E-state index contributed by atoms with van der Waals surface area (Å²) in [7, 11) is 0. The molecule has 0 bridgehead atoms. The van der Waals surface area contributed by atoms with Gasteiger partial charge in [-0.25, -0.2) is 9.38 Å². The molecule has 0 saturated heterocycles. The van der Waals surface area contributed by atoms with E-state index in [1.165, 1.54) is 18.2 Å². The number of halogens is 2. The Morgan fingerprint density at radius 1 is 1.15 bits per heavy atom. The number of nitrogens with zero attached hydrogens (tertiary/aromatic N) is 2. The molecule has 0 aliphatic heterocycles. The predicted octanol–water partition coefficient (Wildman–Crippen LogP) is 3.65. The van der Waals surface area contributed by atoms with Crippen LogP contribution in [0, 0.1) is 15.9 Å². The Hall–Kier alpha value is -2.23. The number of nitro benzene ring substituents is 1. The van der Waals surface area contributed by atoms with E-state index in [9.17, 15) is 14.5 Å². The lowest BCUT2D eigenvalue weighted by atomic mass is 10.1. The number of nitrogens with one attached hydrogen (secondary N) is 2. The van der Waals surface area contributed by atoms with Gasteiger partial charge in [0.15, 0.2) is 5.96 Å². The Balaban J connectivity index is 0.00000338. The number of nitro groups is 1. The fourth-order valence-corrected chi connectivity index (χ4v) is 2.25.